The zero-order valence-corrected chi connectivity index (χ0v) is 13.7. The maximum absolute atomic E-state index is 13.7. The molecule has 0 saturated heterocycles. The van der Waals surface area contributed by atoms with Crippen LogP contribution in [0.15, 0.2) is 18.5 Å². The normalized spacial score (nSPS) is 18.5. The molecule has 5 nitrogen and oxygen atoms in total. The van der Waals surface area contributed by atoms with E-state index in [0.29, 0.717) is 29.8 Å². The lowest BCUT2D eigenvalue weighted by atomic mass is 9.60. The van der Waals surface area contributed by atoms with Crippen molar-refractivity contribution < 1.29 is 8.78 Å². The molecule has 2 heterocycles. The summed E-state index contributed by atoms with van der Waals surface area (Å²) in [6, 6.07) is 3.48. The average Bonchev–Trinajstić information content (AvgIpc) is 2.81. The Balaban J connectivity index is 1.98. The summed E-state index contributed by atoms with van der Waals surface area (Å²) in [4.78, 5) is 4.18. The van der Waals surface area contributed by atoms with E-state index < -0.39 is 11.3 Å². The van der Waals surface area contributed by atoms with Crippen LogP contribution in [0.3, 0.4) is 0 Å². The van der Waals surface area contributed by atoms with Gasteiger partial charge in [-0.2, -0.15) is 0 Å². The molecule has 0 unspecified atom stereocenters. The monoisotopic (exact) mass is 341 g/mol. The summed E-state index contributed by atoms with van der Waals surface area (Å²) in [5.74, 6) is -1.38. The molecule has 23 heavy (non-hydrogen) atoms. The number of nitrogens with one attached hydrogen (secondary N) is 1. The SMILES string of the molecule is CCNc1cc(C2(Cc3nncn3C)CC(F)(F)C2)cc(Cl)n1. The Hall–Kier alpha value is -1.76. The van der Waals surface area contributed by atoms with E-state index in [9.17, 15) is 8.78 Å². The van der Waals surface area contributed by atoms with Crippen LogP contribution in [-0.4, -0.2) is 32.2 Å². The first-order valence-electron chi connectivity index (χ1n) is 7.46. The van der Waals surface area contributed by atoms with E-state index >= 15 is 0 Å². The van der Waals surface area contributed by atoms with Crippen molar-refractivity contribution in [2.75, 3.05) is 11.9 Å². The van der Waals surface area contributed by atoms with Crippen LogP contribution in [0.1, 0.15) is 31.2 Å². The summed E-state index contributed by atoms with van der Waals surface area (Å²) >= 11 is 6.09. The van der Waals surface area contributed by atoms with Gasteiger partial charge in [0.05, 0.1) is 0 Å². The van der Waals surface area contributed by atoms with Crippen molar-refractivity contribution >= 4 is 17.4 Å². The zero-order chi connectivity index (χ0) is 16.7. The van der Waals surface area contributed by atoms with Gasteiger partial charge < -0.3 is 9.88 Å². The predicted octanol–water partition coefficient (Wildman–Crippen LogP) is 3.20. The van der Waals surface area contributed by atoms with Crippen molar-refractivity contribution in [3.05, 3.63) is 35.0 Å². The maximum Gasteiger partial charge on any atom is 0.249 e. The van der Waals surface area contributed by atoms with Crippen LogP contribution in [0.5, 0.6) is 0 Å². The Labute approximate surface area is 138 Å². The van der Waals surface area contributed by atoms with E-state index in [0.717, 1.165) is 5.56 Å². The zero-order valence-electron chi connectivity index (χ0n) is 13.0. The Morgan fingerprint density at radius 1 is 1.35 bits per heavy atom. The van der Waals surface area contributed by atoms with Crippen LogP contribution < -0.4 is 5.32 Å². The van der Waals surface area contributed by atoms with E-state index in [1.807, 2.05) is 14.0 Å². The van der Waals surface area contributed by atoms with Crippen molar-refractivity contribution in [1.29, 1.82) is 0 Å². The molecule has 2 aromatic heterocycles. The molecule has 124 valence electrons. The topological polar surface area (TPSA) is 55.6 Å². The maximum atomic E-state index is 13.7. The van der Waals surface area contributed by atoms with Crippen LogP contribution in [0.4, 0.5) is 14.6 Å². The third-order valence-electron chi connectivity index (χ3n) is 4.26. The minimum absolute atomic E-state index is 0.223. The highest BCUT2D eigenvalue weighted by Crippen LogP contribution is 2.55. The predicted molar refractivity (Wildman–Crippen MR) is 84.0 cm³/mol. The Morgan fingerprint density at radius 2 is 2.09 bits per heavy atom. The summed E-state index contributed by atoms with van der Waals surface area (Å²) in [6.07, 6.45) is 1.52. The Morgan fingerprint density at radius 3 is 2.65 bits per heavy atom. The molecule has 1 saturated carbocycles. The van der Waals surface area contributed by atoms with Crippen LogP contribution in [0.25, 0.3) is 0 Å². The molecule has 0 aliphatic heterocycles. The van der Waals surface area contributed by atoms with Crippen molar-refractivity contribution in [2.24, 2.45) is 7.05 Å². The smallest absolute Gasteiger partial charge is 0.249 e. The number of alkyl halides is 2. The van der Waals surface area contributed by atoms with Crippen LogP contribution in [0, 0.1) is 0 Å². The van der Waals surface area contributed by atoms with Crippen LogP contribution >= 0.6 is 11.6 Å². The highest BCUT2D eigenvalue weighted by Gasteiger charge is 2.57. The fourth-order valence-corrected chi connectivity index (χ4v) is 3.42. The second kappa shape index (κ2) is 5.70. The molecule has 0 aromatic carbocycles. The van der Waals surface area contributed by atoms with Crippen molar-refractivity contribution in [3.8, 4) is 0 Å². The first kappa shape index (κ1) is 16.1. The molecule has 0 radical (unpaired) electrons. The number of nitrogens with zero attached hydrogens (tertiary/aromatic N) is 4. The lowest BCUT2D eigenvalue weighted by Gasteiger charge is -2.47. The van der Waals surface area contributed by atoms with Gasteiger partial charge in [0.25, 0.3) is 0 Å². The molecule has 2 aromatic rings. The van der Waals surface area contributed by atoms with Gasteiger partial charge in [0.1, 0.15) is 23.1 Å². The lowest BCUT2D eigenvalue weighted by Crippen LogP contribution is -2.51. The van der Waals surface area contributed by atoms with Gasteiger partial charge in [-0.15, -0.1) is 10.2 Å². The molecule has 1 aliphatic carbocycles. The number of anilines is 1. The van der Waals surface area contributed by atoms with Gasteiger partial charge in [0.2, 0.25) is 5.92 Å². The molecular formula is C15H18ClF2N5. The minimum Gasteiger partial charge on any atom is -0.370 e. The Bertz CT molecular complexity index is 708. The quantitative estimate of drug-likeness (QED) is 0.848. The largest absolute Gasteiger partial charge is 0.370 e. The van der Waals surface area contributed by atoms with E-state index in [1.54, 1.807) is 23.0 Å². The molecule has 1 aliphatic rings. The lowest BCUT2D eigenvalue weighted by molar-refractivity contribution is -0.127. The van der Waals surface area contributed by atoms with E-state index in [2.05, 4.69) is 20.5 Å². The summed E-state index contributed by atoms with van der Waals surface area (Å²) in [7, 11) is 1.81. The number of aromatic nitrogens is 4. The molecule has 3 rings (SSSR count). The van der Waals surface area contributed by atoms with Crippen molar-refractivity contribution in [2.45, 2.75) is 37.5 Å². The summed E-state index contributed by atoms with van der Waals surface area (Å²) in [6.45, 7) is 2.62. The number of halogens is 3. The van der Waals surface area contributed by atoms with Gasteiger partial charge in [-0.25, -0.2) is 13.8 Å². The number of hydrogen-bond donors (Lipinski definition) is 1. The second-order valence-corrected chi connectivity index (χ2v) is 6.51. The number of rotatable bonds is 5. The molecular weight excluding hydrogens is 324 g/mol. The third-order valence-corrected chi connectivity index (χ3v) is 4.45. The highest BCUT2D eigenvalue weighted by molar-refractivity contribution is 6.29. The van der Waals surface area contributed by atoms with Gasteiger partial charge in [0.15, 0.2) is 0 Å². The third kappa shape index (κ3) is 3.15. The van der Waals surface area contributed by atoms with E-state index in [1.165, 1.54) is 0 Å². The van der Waals surface area contributed by atoms with Crippen LogP contribution in [-0.2, 0) is 18.9 Å². The number of pyridine rings is 1. The highest BCUT2D eigenvalue weighted by atomic mass is 35.5. The first-order chi connectivity index (χ1) is 10.8. The van der Waals surface area contributed by atoms with Gasteiger partial charge in [-0.05, 0) is 24.6 Å². The molecule has 1 N–H and O–H groups in total. The van der Waals surface area contributed by atoms with E-state index in [-0.39, 0.29) is 12.8 Å². The number of hydrogen-bond acceptors (Lipinski definition) is 4. The fourth-order valence-electron chi connectivity index (χ4n) is 3.21. The molecule has 1 fully saturated rings. The number of aryl methyl sites for hydroxylation is 1. The van der Waals surface area contributed by atoms with E-state index in [4.69, 9.17) is 11.6 Å². The van der Waals surface area contributed by atoms with Gasteiger partial charge >= 0.3 is 0 Å². The molecule has 0 amide bonds. The first-order valence-corrected chi connectivity index (χ1v) is 7.84. The van der Waals surface area contributed by atoms with Gasteiger partial charge in [0, 0.05) is 38.3 Å². The summed E-state index contributed by atoms with van der Waals surface area (Å²) in [5.41, 5.74) is 0.0727. The molecule has 0 bridgehead atoms. The van der Waals surface area contributed by atoms with Crippen molar-refractivity contribution in [3.63, 3.8) is 0 Å². The van der Waals surface area contributed by atoms with Crippen LogP contribution in [0.2, 0.25) is 5.15 Å². The van der Waals surface area contributed by atoms with Gasteiger partial charge in [-0.3, -0.25) is 0 Å². The average molecular weight is 342 g/mol. The van der Waals surface area contributed by atoms with Gasteiger partial charge in [-0.1, -0.05) is 11.6 Å². The molecule has 0 atom stereocenters. The standard InChI is InChI=1S/C15H18ClF2N5/c1-3-19-12-5-10(4-11(16)21-12)14(7-15(17,18)8-14)6-13-22-20-9-23(13)2/h4-5,9H,3,6-8H2,1-2H3,(H,19,21). The minimum atomic E-state index is -2.66. The molecule has 0 spiro atoms. The fraction of sp³-hybridized carbons (Fsp3) is 0.533. The van der Waals surface area contributed by atoms with Crippen molar-refractivity contribution in [1.82, 2.24) is 19.7 Å². The summed E-state index contributed by atoms with van der Waals surface area (Å²) < 4.78 is 29.1. The second-order valence-electron chi connectivity index (χ2n) is 6.12. The summed E-state index contributed by atoms with van der Waals surface area (Å²) in [5, 5.41) is 11.3. The molecule has 8 heteroatoms. The Kier molecular flexibility index (Phi) is 4.00.